The average molecular weight is 246 g/mol. The summed E-state index contributed by atoms with van der Waals surface area (Å²) in [5.74, 6) is 2.93. The van der Waals surface area contributed by atoms with Crippen LogP contribution in [0.1, 0.15) is 6.42 Å². The predicted molar refractivity (Wildman–Crippen MR) is 66.2 cm³/mol. The second-order valence-electron chi connectivity index (χ2n) is 2.99. The fourth-order valence-corrected chi connectivity index (χ4v) is 2.92. The lowest BCUT2D eigenvalue weighted by molar-refractivity contribution is 0.296. The number of thioether (sulfide) groups is 2. The average Bonchev–Trinajstić information content (AvgIpc) is 2.26. The molecule has 0 amide bonds. The fourth-order valence-electron chi connectivity index (χ4n) is 1.02. The van der Waals surface area contributed by atoms with Gasteiger partial charge < -0.3 is 5.11 Å². The number of halogens is 1. The Morgan fingerprint density at radius 3 is 2.47 bits per heavy atom. The Morgan fingerprint density at radius 1 is 1.07 bits per heavy atom. The van der Waals surface area contributed by atoms with Gasteiger partial charge >= 0.3 is 0 Å². The first-order valence-corrected chi connectivity index (χ1v) is 7.04. The highest BCUT2D eigenvalue weighted by Crippen LogP contribution is 2.19. The van der Waals surface area contributed by atoms with Crippen LogP contribution in [0.3, 0.4) is 0 Å². The van der Waals surface area contributed by atoms with Crippen LogP contribution in [-0.2, 0) is 0 Å². The van der Waals surface area contributed by atoms with Crippen molar-refractivity contribution in [2.45, 2.75) is 11.3 Å². The smallest absolute Gasteiger partial charge is 0.123 e. The number of hydrogen-bond acceptors (Lipinski definition) is 3. The van der Waals surface area contributed by atoms with E-state index in [9.17, 15) is 4.39 Å². The van der Waals surface area contributed by atoms with E-state index in [1.807, 2.05) is 11.8 Å². The Labute approximate surface area is 98.5 Å². The lowest BCUT2D eigenvalue weighted by Gasteiger charge is -2.01. The summed E-state index contributed by atoms with van der Waals surface area (Å²) in [5, 5.41) is 8.57. The minimum atomic E-state index is -0.184. The fraction of sp³-hybridized carbons (Fsp3) is 0.455. The summed E-state index contributed by atoms with van der Waals surface area (Å²) < 4.78 is 12.6. The summed E-state index contributed by atoms with van der Waals surface area (Å²) in [4.78, 5) is 1.11. The number of rotatable bonds is 7. The van der Waals surface area contributed by atoms with Gasteiger partial charge in [0, 0.05) is 23.0 Å². The predicted octanol–water partition coefficient (Wildman–Crippen LogP) is 3.03. The van der Waals surface area contributed by atoms with E-state index in [-0.39, 0.29) is 12.4 Å². The Hall–Kier alpha value is -0.190. The van der Waals surface area contributed by atoms with Gasteiger partial charge in [-0.1, -0.05) is 0 Å². The van der Waals surface area contributed by atoms with E-state index in [4.69, 9.17) is 5.11 Å². The van der Waals surface area contributed by atoms with Crippen LogP contribution in [0, 0.1) is 5.82 Å². The van der Waals surface area contributed by atoms with Crippen molar-refractivity contribution in [2.24, 2.45) is 0 Å². The first-order valence-electron chi connectivity index (χ1n) is 4.90. The summed E-state index contributed by atoms with van der Waals surface area (Å²) in [6.07, 6.45) is 0.867. The number of benzene rings is 1. The van der Waals surface area contributed by atoms with Gasteiger partial charge in [-0.25, -0.2) is 4.39 Å². The van der Waals surface area contributed by atoms with Crippen molar-refractivity contribution < 1.29 is 9.50 Å². The molecule has 1 rings (SSSR count). The van der Waals surface area contributed by atoms with Crippen molar-refractivity contribution in [3.05, 3.63) is 30.1 Å². The van der Waals surface area contributed by atoms with Crippen LogP contribution in [-0.4, -0.2) is 29.0 Å². The molecular formula is C11H15FOS2. The molecule has 4 heteroatoms. The highest BCUT2D eigenvalue weighted by atomic mass is 32.2. The molecule has 0 radical (unpaired) electrons. The van der Waals surface area contributed by atoms with Crippen LogP contribution >= 0.6 is 23.5 Å². The van der Waals surface area contributed by atoms with E-state index in [1.165, 1.54) is 12.1 Å². The molecule has 15 heavy (non-hydrogen) atoms. The van der Waals surface area contributed by atoms with Crippen LogP contribution in [0.4, 0.5) is 4.39 Å². The molecule has 0 unspecified atom stereocenters. The minimum absolute atomic E-state index is 0.184. The molecule has 0 bridgehead atoms. The van der Waals surface area contributed by atoms with Gasteiger partial charge in [-0.15, -0.1) is 11.8 Å². The van der Waals surface area contributed by atoms with E-state index in [1.54, 1.807) is 23.9 Å². The van der Waals surface area contributed by atoms with Crippen molar-refractivity contribution in [3.63, 3.8) is 0 Å². The molecule has 0 saturated carbocycles. The molecule has 0 aliphatic rings. The first-order chi connectivity index (χ1) is 7.33. The molecule has 0 spiro atoms. The van der Waals surface area contributed by atoms with Gasteiger partial charge in [0.05, 0.1) is 0 Å². The summed E-state index contributed by atoms with van der Waals surface area (Å²) in [6, 6.07) is 6.58. The quantitative estimate of drug-likeness (QED) is 0.590. The monoisotopic (exact) mass is 246 g/mol. The molecule has 0 aliphatic heterocycles. The molecule has 0 heterocycles. The molecule has 1 aromatic carbocycles. The highest BCUT2D eigenvalue weighted by molar-refractivity contribution is 8.02. The largest absolute Gasteiger partial charge is 0.396 e. The molecule has 84 valence electrons. The lowest BCUT2D eigenvalue weighted by atomic mass is 10.4. The number of hydrogen-bond donors (Lipinski definition) is 1. The summed E-state index contributed by atoms with van der Waals surface area (Å²) in [5.41, 5.74) is 0. The molecule has 0 atom stereocenters. The topological polar surface area (TPSA) is 20.2 Å². The molecule has 1 N–H and O–H groups in total. The lowest BCUT2D eigenvalue weighted by Crippen LogP contribution is -1.89. The number of aliphatic hydroxyl groups excluding tert-OH is 1. The van der Waals surface area contributed by atoms with Gasteiger partial charge in [-0.3, -0.25) is 0 Å². The zero-order chi connectivity index (χ0) is 10.9. The Balaban J connectivity index is 2.07. The normalized spacial score (nSPS) is 10.5. The molecule has 0 saturated heterocycles. The Kier molecular flexibility index (Phi) is 6.88. The van der Waals surface area contributed by atoms with Crippen LogP contribution in [0.15, 0.2) is 29.2 Å². The van der Waals surface area contributed by atoms with E-state index in [2.05, 4.69) is 0 Å². The zero-order valence-electron chi connectivity index (χ0n) is 8.49. The maximum Gasteiger partial charge on any atom is 0.123 e. The van der Waals surface area contributed by atoms with E-state index >= 15 is 0 Å². The maximum absolute atomic E-state index is 12.6. The van der Waals surface area contributed by atoms with Crippen molar-refractivity contribution in [1.82, 2.24) is 0 Å². The minimum Gasteiger partial charge on any atom is -0.396 e. The second kappa shape index (κ2) is 8.02. The molecule has 1 nitrogen and oxygen atoms in total. The third-order valence-electron chi connectivity index (χ3n) is 1.76. The third kappa shape index (κ3) is 6.07. The van der Waals surface area contributed by atoms with Gasteiger partial charge in [-0.05, 0) is 36.4 Å². The van der Waals surface area contributed by atoms with Gasteiger partial charge in [0.2, 0.25) is 0 Å². The number of aliphatic hydroxyl groups is 1. The van der Waals surface area contributed by atoms with E-state index < -0.39 is 0 Å². The van der Waals surface area contributed by atoms with Crippen LogP contribution in [0.25, 0.3) is 0 Å². The van der Waals surface area contributed by atoms with Crippen molar-refractivity contribution in [3.8, 4) is 0 Å². The molecule has 0 aliphatic carbocycles. The van der Waals surface area contributed by atoms with Crippen molar-refractivity contribution >= 4 is 23.5 Å². The molecule has 0 fully saturated rings. The molecular weight excluding hydrogens is 231 g/mol. The SMILES string of the molecule is OCCCSCCSc1ccc(F)cc1. The first kappa shape index (κ1) is 12.9. The van der Waals surface area contributed by atoms with Gasteiger partial charge in [0.15, 0.2) is 0 Å². The molecule has 1 aromatic rings. The maximum atomic E-state index is 12.6. The molecule has 0 aromatic heterocycles. The van der Waals surface area contributed by atoms with Crippen LogP contribution < -0.4 is 0 Å². The van der Waals surface area contributed by atoms with Gasteiger partial charge in [0.1, 0.15) is 5.82 Å². The Bertz CT molecular complexity index is 264. The van der Waals surface area contributed by atoms with Gasteiger partial charge in [-0.2, -0.15) is 11.8 Å². The van der Waals surface area contributed by atoms with E-state index in [0.29, 0.717) is 0 Å². The Morgan fingerprint density at radius 2 is 1.80 bits per heavy atom. The summed E-state index contributed by atoms with van der Waals surface area (Å²) in [7, 11) is 0. The van der Waals surface area contributed by atoms with Crippen molar-refractivity contribution in [1.29, 1.82) is 0 Å². The van der Waals surface area contributed by atoms with E-state index in [0.717, 1.165) is 28.6 Å². The third-order valence-corrected chi connectivity index (χ3v) is 4.10. The summed E-state index contributed by atoms with van der Waals surface area (Å²) in [6.45, 7) is 0.276. The summed E-state index contributed by atoms with van der Waals surface area (Å²) >= 11 is 3.58. The second-order valence-corrected chi connectivity index (χ2v) is 5.38. The highest BCUT2D eigenvalue weighted by Gasteiger charge is 1.95. The van der Waals surface area contributed by atoms with Crippen molar-refractivity contribution in [2.75, 3.05) is 23.9 Å². The van der Waals surface area contributed by atoms with Crippen LogP contribution in [0.5, 0.6) is 0 Å². The van der Waals surface area contributed by atoms with Gasteiger partial charge in [0.25, 0.3) is 0 Å². The van der Waals surface area contributed by atoms with Crippen LogP contribution in [0.2, 0.25) is 0 Å². The standard InChI is InChI=1S/C11H15FOS2/c12-10-2-4-11(5-3-10)15-9-8-14-7-1-6-13/h2-5,13H,1,6-9H2. The zero-order valence-corrected chi connectivity index (χ0v) is 10.1.